The Balaban J connectivity index is 0.00000162. The van der Waals surface area contributed by atoms with Gasteiger partial charge in [-0.15, -0.1) is 0 Å². The van der Waals surface area contributed by atoms with E-state index in [0.29, 0.717) is 6.54 Å². The number of ether oxygens (including phenoxy) is 1. The van der Waals surface area contributed by atoms with Crippen LogP contribution < -0.4 is 113 Å². The van der Waals surface area contributed by atoms with Crippen molar-refractivity contribution in [2.45, 2.75) is 18.5 Å². The molecule has 0 aliphatic carbocycles. The molecule has 0 aromatic heterocycles. The van der Waals surface area contributed by atoms with Gasteiger partial charge in [-0.25, -0.2) is 4.39 Å². The standard InChI is InChI=1S/C8H12BF3N2O3.2K/c10-7-4-14-2-1-13(5-9(15)16)3-6(14)8(11,12)17-7;;/h6-7H,1-5H2;;/q-2;2*+1/t6?,7-;;/m0../s1. The van der Waals surface area contributed by atoms with Gasteiger partial charge in [0, 0.05) is 19.6 Å². The number of hydrogen-bond acceptors (Lipinski definition) is 5. The van der Waals surface area contributed by atoms with Crippen molar-refractivity contribution in [3.8, 4) is 0 Å². The fourth-order valence-corrected chi connectivity index (χ4v) is 2.26. The number of piperazine rings is 1. The number of hydrogen-bond donors (Lipinski definition) is 0. The van der Waals surface area contributed by atoms with E-state index in [4.69, 9.17) is 0 Å². The molecule has 19 heavy (non-hydrogen) atoms. The zero-order valence-electron chi connectivity index (χ0n) is 11.0. The van der Waals surface area contributed by atoms with Crippen LogP contribution in [-0.4, -0.2) is 68.0 Å². The van der Waals surface area contributed by atoms with Crippen LogP contribution in [0.3, 0.4) is 0 Å². The van der Waals surface area contributed by atoms with Crippen molar-refractivity contribution < 1.29 is 131 Å². The average Bonchev–Trinajstić information content (AvgIpc) is 2.17. The Bertz CT molecular complexity index is 294. The molecule has 0 aromatic rings. The van der Waals surface area contributed by atoms with Gasteiger partial charge in [0.05, 0.1) is 6.54 Å². The molecular weight excluding hydrogens is 318 g/mol. The molecule has 1 unspecified atom stereocenters. The molecule has 2 aliphatic heterocycles. The third-order valence-corrected chi connectivity index (χ3v) is 3.03. The van der Waals surface area contributed by atoms with Crippen LogP contribution in [-0.2, 0) is 4.74 Å². The van der Waals surface area contributed by atoms with Crippen LogP contribution >= 0.6 is 0 Å². The Morgan fingerprint density at radius 3 is 2.42 bits per heavy atom. The van der Waals surface area contributed by atoms with Gasteiger partial charge in [0.1, 0.15) is 6.04 Å². The van der Waals surface area contributed by atoms with Crippen LogP contribution in [0.1, 0.15) is 0 Å². The zero-order valence-corrected chi connectivity index (χ0v) is 17.3. The second-order valence-corrected chi connectivity index (χ2v) is 4.29. The Morgan fingerprint density at radius 1 is 1.21 bits per heavy atom. The summed E-state index contributed by atoms with van der Waals surface area (Å²) < 4.78 is 43.7. The van der Waals surface area contributed by atoms with E-state index in [9.17, 15) is 23.2 Å². The molecule has 2 rings (SSSR count). The summed E-state index contributed by atoms with van der Waals surface area (Å²) in [4.78, 5) is 2.68. The SMILES string of the molecule is [K+].[K+].[O-]B([O-])CN1CCN2C[C@@H](F)OC(F)(F)C2C1. The van der Waals surface area contributed by atoms with Crippen molar-refractivity contribution in [1.29, 1.82) is 0 Å². The maximum Gasteiger partial charge on any atom is 1.00 e. The number of fused-ring (bicyclic) bond motifs is 1. The maximum absolute atomic E-state index is 13.4. The van der Waals surface area contributed by atoms with E-state index in [0.717, 1.165) is 0 Å². The normalized spacial score (nSPS) is 30.8. The fourth-order valence-electron chi connectivity index (χ4n) is 2.26. The van der Waals surface area contributed by atoms with Crippen LogP contribution in [0.25, 0.3) is 0 Å². The summed E-state index contributed by atoms with van der Waals surface area (Å²) >= 11 is 0. The van der Waals surface area contributed by atoms with E-state index in [2.05, 4.69) is 4.74 Å². The van der Waals surface area contributed by atoms with Gasteiger partial charge in [0.2, 0.25) is 6.36 Å². The smallest absolute Gasteiger partial charge is 0.892 e. The first kappa shape index (κ1) is 21.9. The molecule has 2 fully saturated rings. The van der Waals surface area contributed by atoms with Crippen LogP contribution in [0.4, 0.5) is 13.2 Å². The Kier molecular flexibility index (Phi) is 10.7. The molecule has 0 spiro atoms. The van der Waals surface area contributed by atoms with E-state index >= 15 is 0 Å². The van der Waals surface area contributed by atoms with E-state index in [1.807, 2.05) is 0 Å². The molecule has 2 atom stereocenters. The first-order chi connectivity index (χ1) is 7.88. The van der Waals surface area contributed by atoms with Gasteiger partial charge in [0.15, 0.2) is 0 Å². The maximum atomic E-state index is 13.4. The van der Waals surface area contributed by atoms with Crippen LogP contribution in [0.15, 0.2) is 0 Å². The monoisotopic (exact) mass is 330 g/mol. The number of rotatable bonds is 2. The van der Waals surface area contributed by atoms with Gasteiger partial charge in [-0.2, -0.15) is 8.78 Å². The minimum absolute atomic E-state index is 0. The quantitative estimate of drug-likeness (QED) is 0.471. The first-order valence-electron chi connectivity index (χ1n) is 5.36. The second kappa shape index (κ2) is 9.28. The van der Waals surface area contributed by atoms with E-state index < -0.39 is 25.6 Å². The zero-order chi connectivity index (χ0) is 12.6. The second-order valence-electron chi connectivity index (χ2n) is 4.29. The molecule has 0 bridgehead atoms. The van der Waals surface area contributed by atoms with Crippen molar-refractivity contribution in [3.63, 3.8) is 0 Å². The molecule has 0 aromatic carbocycles. The topological polar surface area (TPSA) is 61.8 Å². The van der Waals surface area contributed by atoms with Crippen LogP contribution in [0.2, 0.25) is 0 Å². The third kappa shape index (κ3) is 6.15. The van der Waals surface area contributed by atoms with Crippen LogP contribution in [0, 0.1) is 0 Å². The summed E-state index contributed by atoms with van der Waals surface area (Å²) in [5, 5.41) is 21.0. The molecule has 98 valence electrons. The minimum Gasteiger partial charge on any atom is -0.892 e. The molecule has 5 nitrogen and oxygen atoms in total. The fraction of sp³-hybridized carbons (Fsp3) is 1.00. The van der Waals surface area contributed by atoms with Gasteiger partial charge < -0.3 is 14.9 Å². The predicted octanol–water partition coefficient (Wildman–Crippen LogP) is -8.35. The molecule has 11 heteroatoms. The van der Waals surface area contributed by atoms with Crippen molar-refractivity contribution in [2.75, 3.05) is 32.6 Å². The molecule has 0 saturated carbocycles. The molecule has 0 amide bonds. The molecule has 0 radical (unpaired) electrons. The molecule has 2 heterocycles. The number of alkyl halides is 3. The van der Waals surface area contributed by atoms with Crippen molar-refractivity contribution in [3.05, 3.63) is 0 Å². The van der Waals surface area contributed by atoms with Crippen LogP contribution in [0.5, 0.6) is 0 Å². The van der Waals surface area contributed by atoms with Gasteiger partial charge in [-0.05, 0) is 0 Å². The molecule has 0 N–H and O–H groups in total. The summed E-state index contributed by atoms with van der Waals surface area (Å²) in [5.41, 5.74) is 0. The largest absolute Gasteiger partial charge is 1.00 e. The minimum atomic E-state index is -3.59. The Labute approximate surface area is 195 Å². The average molecular weight is 330 g/mol. The number of halogens is 3. The predicted molar refractivity (Wildman–Crippen MR) is 48.5 cm³/mol. The summed E-state index contributed by atoms with van der Waals surface area (Å²) in [6.45, 7) is 0.171. The Morgan fingerprint density at radius 2 is 1.84 bits per heavy atom. The molecule has 2 aliphatic rings. The summed E-state index contributed by atoms with van der Waals surface area (Å²) in [7, 11) is -2.06. The number of nitrogens with zero attached hydrogens (tertiary/aromatic N) is 2. The van der Waals surface area contributed by atoms with Crippen molar-refractivity contribution >= 4 is 7.12 Å². The summed E-state index contributed by atoms with van der Waals surface area (Å²) in [6.07, 6.45) is -5.91. The molecule has 2 saturated heterocycles. The number of morpholine rings is 1. The molecular formula is C8H12BF3K2N2O3. The van der Waals surface area contributed by atoms with Gasteiger partial charge in [-0.1, -0.05) is 13.6 Å². The van der Waals surface area contributed by atoms with Gasteiger partial charge in [-0.3, -0.25) is 9.64 Å². The summed E-state index contributed by atoms with van der Waals surface area (Å²) in [6, 6.07) is -1.29. The van der Waals surface area contributed by atoms with Crippen molar-refractivity contribution in [1.82, 2.24) is 9.80 Å². The van der Waals surface area contributed by atoms with Gasteiger partial charge in [0.25, 0.3) is 0 Å². The van der Waals surface area contributed by atoms with E-state index in [-0.39, 0.29) is 129 Å². The summed E-state index contributed by atoms with van der Waals surface area (Å²) in [5.74, 6) is 0. The van der Waals surface area contributed by atoms with Crippen molar-refractivity contribution in [2.24, 2.45) is 0 Å². The first-order valence-corrected chi connectivity index (χ1v) is 5.36. The Hall–Kier alpha value is 2.93. The third-order valence-electron chi connectivity index (χ3n) is 3.03. The van der Waals surface area contributed by atoms with Gasteiger partial charge >= 0.3 is 109 Å². The van der Waals surface area contributed by atoms with E-state index in [1.165, 1.54) is 9.80 Å². The van der Waals surface area contributed by atoms with E-state index in [1.54, 1.807) is 0 Å².